The van der Waals surface area contributed by atoms with Crippen LogP contribution in [0.25, 0.3) is 0 Å². The number of rotatable bonds is 7. The fraction of sp³-hybridized carbons (Fsp3) is 0.727. The molecule has 4 nitrogen and oxygen atoms in total. The Bertz CT molecular complexity index is 295. The monoisotopic (exact) mass is 245 g/mol. The Morgan fingerprint density at radius 1 is 1.56 bits per heavy atom. The Morgan fingerprint density at radius 3 is 2.81 bits per heavy atom. The molecule has 0 aliphatic carbocycles. The maximum atomic E-state index is 6.12. The Hall–Kier alpha value is -0.580. The molecule has 1 aromatic heterocycles. The van der Waals surface area contributed by atoms with Crippen molar-refractivity contribution in [3.63, 3.8) is 0 Å². The van der Waals surface area contributed by atoms with E-state index in [2.05, 4.69) is 17.3 Å². The van der Waals surface area contributed by atoms with Crippen molar-refractivity contribution in [2.75, 3.05) is 19.8 Å². The van der Waals surface area contributed by atoms with Crippen LogP contribution in [0.1, 0.15) is 32.0 Å². The van der Waals surface area contributed by atoms with Gasteiger partial charge in [-0.25, -0.2) is 0 Å². The Kier molecular flexibility index (Phi) is 5.80. The second kappa shape index (κ2) is 6.89. The molecule has 1 rings (SSSR count). The van der Waals surface area contributed by atoms with Gasteiger partial charge in [-0.05, 0) is 19.9 Å². The van der Waals surface area contributed by atoms with Crippen molar-refractivity contribution < 1.29 is 4.74 Å². The lowest BCUT2D eigenvalue weighted by molar-refractivity contribution is 0.135. The molecular formula is C11H20ClN3O. The third-order valence-corrected chi connectivity index (χ3v) is 2.76. The van der Waals surface area contributed by atoms with Crippen molar-refractivity contribution in [1.82, 2.24) is 15.1 Å². The fourth-order valence-corrected chi connectivity index (χ4v) is 2.04. The summed E-state index contributed by atoms with van der Waals surface area (Å²) in [5, 5.41) is 8.26. The molecule has 1 N–H and O–H groups in total. The first-order valence-electron chi connectivity index (χ1n) is 5.69. The molecule has 0 aromatic carbocycles. The highest BCUT2D eigenvalue weighted by atomic mass is 35.5. The standard InChI is InChI=1S/C11H20ClN3O/c1-4-13-10(6-7-16-5-2)11-9(12)8-14-15(11)3/h8,10,13H,4-7H2,1-3H3. The zero-order chi connectivity index (χ0) is 12.0. The van der Waals surface area contributed by atoms with Gasteiger partial charge in [0.25, 0.3) is 0 Å². The Balaban J connectivity index is 2.68. The Labute approximate surface area is 102 Å². The van der Waals surface area contributed by atoms with Crippen molar-refractivity contribution in [1.29, 1.82) is 0 Å². The minimum absolute atomic E-state index is 0.205. The van der Waals surface area contributed by atoms with Gasteiger partial charge in [0.2, 0.25) is 0 Å². The summed E-state index contributed by atoms with van der Waals surface area (Å²) in [6.45, 7) is 6.46. The van der Waals surface area contributed by atoms with E-state index in [0.717, 1.165) is 31.9 Å². The van der Waals surface area contributed by atoms with Crippen LogP contribution >= 0.6 is 11.6 Å². The third-order valence-electron chi connectivity index (χ3n) is 2.47. The molecule has 1 unspecified atom stereocenters. The lowest BCUT2D eigenvalue weighted by Crippen LogP contribution is -2.24. The minimum Gasteiger partial charge on any atom is -0.382 e. The molecule has 5 heteroatoms. The van der Waals surface area contributed by atoms with Gasteiger partial charge in [0.1, 0.15) is 0 Å². The highest BCUT2D eigenvalue weighted by molar-refractivity contribution is 6.31. The van der Waals surface area contributed by atoms with E-state index in [0.29, 0.717) is 5.02 Å². The van der Waals surface area contributed by atoms with Crippen molar-refractivity contribution >= 4 is 11.6 Å². The van der Waals surface area contributed by atoms with Crippen LogP contribution in [0.4, 0.5) is 0 Å². The van der Waals surface area contributed by atoms with Gasteiger partial charge in [0, 0.05) is 20.3 Å². The van der Waals surface area contributed by atoms with Crippen LogP contribution in [0.5, 0.6) is 0 Å². The first-order valence-corrected chi connectivity index (χ1v) is 6.07. The molecule has 92 valence electrons. The van der Waals surface area contributed by atoms with Gasteiger partial charge in [-0.1, -0.05) is 18.5 Å². The lowest BCUT2D eigenvalue weighted by Gasteiger charge is -2.18. The number of aromatic nitrogens is 2. The van der Waals surface area contributed by atoms with E-state index >= 15 is 0 Å². The van der Waals surface area contributed by atoms with Crippen molar-refractivity contribution in [2.24, 2.45) is 7.05 Å². The predicted octanol–water partition coefficient (Wildman–Crippen LogP) is 2.15. The summed E-state index contributed by atoms with van der Waals surface area (Å²) >= 11 is 6.12. The molecule has 0 fully saturated rings. The smallest absolute Gasteiger partial charge is 0.0834 e. The molecule has 0 saturated carbocycles. The van der Waals surface area contributed by atoms with Crippen LogP contribution < -0.4 is 5.32 Å². The van der Waals surface area contributed by atoms with E-state index in [4.69, 9.17) is 16.3 Å². The zero-order valence-electron chi connectivity index (χ0n) is 10.2. The van der Waals surface area contributed by atoms with Crippen LogP contribution in [0.2, 0.25) is 5.02 Å². The quantitative estimate of drug-likeness (QED) is 0.749. The summed E-state index contributed by atoms with van der Waals surface area (Å²) < 4.78 is 7.20. The number of hydrogen-bond donors (Lipinski definition) is 1. The highest BCUT2D eigenvalue weighted by Gasteiger charge is 2.17. The molecular weight excluding hydrogens is 226 g/mol. The van der Waals surface area contributed by atoms with Gasteiger partial charge >= 0.3 is 0 Å². The summed E-state index contributed by atoms with van der Waals surface area (Å²) in [5.41, 5.74) is 1.03. The molecule has 0 radical (unpaired) electrons. The number of ether oxygens (including phenoxy) is 1. The number of aryl methyl sites for hydroxylation is 1. The van der Waals surface area contributed by atoms with Crippen LogP contribution in [0.3, 0.4) is 0 Å². The molecule has 0 aliphatic rings. The summed E-state index contributed by atoms with van der Waals surface area (Å²) in [4.78, 5) is 0. The fourth-order valence-electron chi connectivity index (χ4n) is 1.74. The van der Waals surface area contributed by atoms with Crippen LogP contribution in [0.15, 0.2) is 6.20 Å². The number of nitrogens with zero attached hydrogens (tertiary/aromatic N) is 2. The average molecular weight is 246 g/mol. The van der Waals surface area contributed by atoms with Crippen LogP contribution in [0, 0.1) is 0 Å². The largest absolute Gasteiger partial charge is 0.382 e. The molecule has 16 heavy (non-hydrogen) atoms. The summed E-state index contributed by atoms with van der Waals surface area (Å²) in [6.07, 6.45) is 2.59. The molecule has 0 amide bonds. The molecule has 1 heterocycles. The summed E-state index contributed by atoms with van der Waals surface area (Å²) in [5.74, 6) is 0. The topological polar surface area (TPSA) is 39.1 Å². The SMILES string of the molecule is CCNC(CCOCC)c1c(Cl)cnn1C. The molecule has 0 spiro atoms. The third kappa shape index (κ3) is 3.47. The molecule has 0 saturated heterocycles. The van der Waals surface area contributed by atoms with Gasteiger partial charge in [-0.3, -0.25) is 4.68 Å². The average Bonchev–Trinajstić information content (AvgIpc) is 2.58. The summed E-state index contributed by atoms with van der Waals surface area (Å²) in [7, 11) is 1.91. The summed E-state index contributed by atoms with van der Waals surface area (Å²) in [6, 6.07) is 0.205. The van der Waals surface area contributed by atoms with E-state index in [9.17, 15) is 0 Å². The normalized spacial score (nSPS) is 13.0. The molecule has 0 bridgehead atoms. The van der Waals surface area contributed by atoms with Gasteiger partial charge < -0.3 is 10.1 Å². The Morgan fingerprint density at radius 2 is 2.31 bits per heavy atom. The molecule has 1 atom stereocenters. The molecule has 0 aliphatic heterocycles. The second-order valence-electron chi connectivity index (χ2n) is 3.60. The van der Waals surface area contributed by atoms with Crippen molar-refractivity contribution in [3.05, 3.63) is 16.9 Å². The second-order valence-corrected chi connectivity index (χ2v) is 4.00. The first kappa shape index (κ1) is 13.5. The van der Waals surface area contributed by atoms with Crippen molar-refractivity contribution in [3.8, 4) is 0 Å². The first-order chi connectivity index (χ1) is 7.70. The number of hydrogen-bond acceptors (Lipinski definition) is 3. The predicted molar refractivity (Wildman–Crippen MR) is 65.7 cm³/mol. The lowest BCUT2D eigenvalue weighted by atomic mass is 10.1. The van der Waals surface area contributed by atoms with Gasteiger partial charge in [-0.2, -0.15) is 5.10 Å². The van der Waals surface area contributed by atoms with Gasteiger partial charge in [0.15, 0.2) is 0 Å². The maximum absolute atomic E-state index is 6.12. The zero-order valence-corrected chi connectivity index (χ0v) is 10.9. The van der Waals surface area contributed by atoms with E-state index < -0.39 is 0 Å². The minimum atomic E-state index is 0.205. The van der Waals surface area contributed by atoms with E-state index in [1.165, 1.54) is 0 Å². The number of halogens is 1. The van der Waals surface area contributed by atoms with Gasteiger partial charge in [-0.15, -0.1) is 0 Å². The molecule has 1 aromatic rings. The highest BCUT2D eigenvalue weighted by Crippen LogP contribution is 2.24. The van der Waals surface area contributed by atoms with E-state index in [1.807, 2.05) is 18.7 Å². The van der Waals surface area contributed by atoms with Gasteiger partial charge in [0.05, 0.1) is 23.0 Å². The maximum Gasteiger partial charge on any atom is 0.0834 e. The van der Waals surface area contributed by atoms with Crippen LogP contribution in [-0.2, 0) is 11.8 Å². The van der Waals surface area contributed by atoms with E-state index in [1.54, 1.807) is 6.20 Å². The van der Waals surface area contributed by atoms with Crippen molar-refractivity contribution in [2.45, 2.75) is 26.3 Å². The number of nitrogens with one attached hydrogen (secondary N) is 1. The van der Waals surface area contributed by atoms with Crippen LogP contribution in [-0.4, -0.2) is 29.5 Å². The van der Waals surface area contributed by atoms with E-state index in [-0.39, 0.29) is 6.04 Å².